The van der Waals surface area contributed by atoms with Crippen molar-refractivity contribution in [2.75, 3.05) is 0 Å². The van der Waals surface area contributed by atoms with E-state index < -0.39 is 6.10 Å². The van der Waals surface area contributed by atoms with Gasteiger partial charge in [0.05, 0.1) is 0 Å². The van der Waals surface area contributed by atoms with Gasteiger partial charge in [0.15, 0.2) is 0 Å². The molecule has 1 aliphatic rings. The molecule has 1 aliphatic carbocycles. The Balaban J connectivity index is 1.90. The van der Waals surface area contributed by atoms with Crippen molar-refractivity contribution >= 4 is 11.3 Å². The summed E-state index contributed by atoms with van der Waals surface area (Å²) in [5, 5.41) is 10.5. The van der Waals surface area contributed by atoms with Crippen molar-refractivity contribution in [1.82, 2.24) is 4.98 Å². The first-order valence-corrected chi connectivity index (χ1v) is 7.77. The van der Waals surface area contributed by atoms with E-state index in [9.17, 15) is 5.11 Å². The van der Waals surface area contributed by atoms with E-state index in [1.165, 1.54) is 42.5 Å². The van der Waals surface area contributed by atoms with Crippen molar-refractivity contribution in [1.29, 1.82) is 0 Å². The van der Waals surface area contributed by atoms with Crippen molar-refractivity contribution in [3.8, 4) is 0 Å². The number of hydrogen-bond donors (Lipinski definition) is 1. The molecule has 100 valence electrons. The normalized spacial score (nSPS) is 16.7. The number of nitrogens with zero attached hydrogens (tertiary/aromatic N) is 1. The predicted octanol–water partition coefficient (Wildman–Crippen LogP) is 3.80. The van der Waals surface area contributed by atoms with Crippen LogP contribution in [0.2, 0.25) is 0 Å². The smallest absolute Gasteiger partial charge is 0.115 e. The minimum absolute atomic E-state index is 0.524. The molecule has 0 radical (unpaired) electrons. The van der Waals surface area contributed by atoms with Gasteiger partial charge in [-0.15, -0.1) is 11.3 Å². The maximum Gasteiger partial charge on any atom is 0.115 e. The summed E-state index contributed by atoms with van der Waals surface area (Å²) in [5.41, 5.74) is 3.45. The second kappa shape index (κ2) is 5.43. The fraction of sp³-hybridized carbons (Fsp3) is 0.438. The van der Waals surface area contributed by atoms with Crippen LogP contribution in [0.5, 0.6) is 0 Å². The maximum atomic E-state index is 10.5. The predicted molar refractivity (Wildman–Crippen MR) is 78.6 cm³/mol. The average molecular weight is 273 g/mol. The monoisotopic (exact) mass is 273 g/mol. The highest BCUT2D eigenvalue weighted by molar-refractivity contribution is 7.12. The van der Waals surface area contributed by atoms with Crippen molar-refractivity contribution < 1.29 is 5.11 Å². The molecule has 2 aromatic heterocycles. The van der Waals surface area contributed by atoms with Crippen LogP contribution >= 0.6 is 11.3 Å². The summed E-state index contributed by atoms with van der Waals surface area (Å²) in [5.74, 6) is 0. The lowest BCUT2D eigenvalue weighted by Gasteiger charge is -2.09. The lowest BCUT2D eigenvalue weighted by Crippen LogP contribution is -1.98. The third-order valence-electron chi connectivity index (χ3n) is 3.75. The summed E-state index contributed by atoms with van der Waals surface area (Å²) in [7, 11) is 0. The highest BCUT2D eigenvalue weighted by Crippen LogP contribution is 2.34. The summed E-state index contributed by atoms with van der Waals surface area (Å²) in [6.07, 6.45) is 9.32. The summed E-state index contributed by atoms with van der Waals surface area (Å²) in [6.45, 7) is 2.01. The third kappa shape index (κ3) is 2.72. The number of aliphatic hydroxyl groups is 1. The zero-order valence-electron chi connectivity index (χ0n) is 11.2. The number of aryl methyl sites for hydroxylation is 3. The Kier molecular flexibility index (Phi) is 3.67. The number of fused-ring (bicyclic) bond motifs is 1. The van der Waals surface area contributed by atoms with E-state index in [0.29, 0.717) is 0 Å². The summed E-state index contributed by atoms with van der Waals surface area (Å²) in [4.78, 5) is 6.72. The molecule has 2 heterocycles. The Morgan fingerprint density at radius 1 is 1.16 bits per heavy atom. The van der Waals surface area contributed by atoms with E-state index in [-0.39, 0.29) is 0 Å². The largest absolute Gasteiger partial charge is 0.383 e. The van der Waals surface area contributed by atoms with Crippen LogP contribution in [0.15, 0.2) is 24.5 Å². The fourth-order valence-electron chi connectivity index (χ4n) is 2.72. The van der Waals surface area contributed by atoms with Crippen molar-refractivity contribution in [3.63, 3.8) is 0 Å². The number of aliphatic hydroxyl groups excluding tert-OH is 1. The molecule has 2 aromatic rings. The zero-order chi connectivity index (χ0) is 13.2. The van der Waals surface area contributed by atoms with Gasteiger partial charge in [0, 0.05) is 27.7 Å². The third-order valence-corrected chi connectivity index (χ3v) is 5.04. The number of thiophene rings is 1. The minimum atomic E-state index is -0.524. The molecule has 0 aromatic carbocycles. The second-order valence-corrected chi connectivity index (χ2v) is 6.52. The summed E-state index contributed by atoms with van der Waals surface area (Å²) in [6, 6.07) is 4.22. The molecule has 0 saturated heterocycles. The van der Waals surface area contributed by atoms with Gasteiger partial charge in [0.1, 0.15) is 6.10 Å². The highest BCUT2D eigenvalue weighted by Gasteiger charge is 2.18. The van der Waals surface area contributed by atoms with Gasteiger partial charge in [-0.1, -0.05) is 12.5 Å². The lowest BCUT2D eigenvalue weighted by atomic mass is 10.1. The number of rotatable bonds is 2. The molecule has 0 fully saturated rings. The van der Waals surface area contributed by atoms with E-state index in [1.807, 2.05) is 19.2 Å². The van der Waals surface area contributed by atoms with Gasteiger partial charge in [-0.05, 0) is 49.8 Å². The molecule has 2 nitrogen and oxygen atoms in total. The molecule has 3 rings (SSSR count). The van der Waals surface area contributed by atoms with E-state index in [4.69, 9.17) is 0 Å². The first-order chi connectivity index (χ1) is 9.24. The molecule has 1 N–H and O–H groups in total. The molecule has 1 unspecified atom stereocenters. The van der Waals surface area contributed by atoms with Crippen LogP contribution < -0.4 is 0 Å². The molecule has 3 heteroatoms. The Labute approximate surface area is 118 Å². The highest BCUT2D eigenvalue weighted by atomic mass is 32.1. The van der Waals surface area contributed by atoms with Gasteiger partial charge in [-0.25, -0.2) is 0 Å². The Hall–Kier alpha value is -1.19. The molecular formula is C16H19NOS. The quantitative estimate of drug-likeness (QED) is 0.844. The van der Waals surface area contributed by atoms with Crippen LogP contribution in [0.4, 0.5) is 0 Å². The molecule has 0 bridgehead atoms. The van der Waals surface area contributed by atoms with E-state index in [1.54, 1.807) is 17.5 Å². The fourth-order valence-corrected chi connectivity index (χ4v) is 3.99. The molecule has 1 atom stereocenters. The SMILES string of the molecule is Cc1cncc(C(O)c2cc3c(s2)CCCCC3)c1. The van der Waals surface area contributed by atoms with Crippen molar-refractivity contribution in [3.05, 3.63) is 51.0 Å². The van der Waals surface area contributed by atoms with Crippen molar-refractivity contribution in [2.24, 2.45) is 0 Å². The second-order valence-electron chi connectivity index (χ2n) is 5.36. The van der Waals surface area contributed by atoms with Crippen LogP contribution in [0.3, 0.4) is 0 Å². The Bertz CT molecular complexity index is 552. The van der Waals surface area contributed by atoms with Crippen LogP contribution in [-0.2, 0) is 12.8 Å². The van der Waals surface area contributed by atoms with Gasteiger partial charge >= 0.3 is 0 Å². The van der Waals surface area contributed by atoms with Gasteiger partial charge < -0.3 is 5.11 Å². The van der Waals surface area contributed by atoms with Gasteiger partial charge in [-0.3, -0.25) is 4.98 Å². The zero-order valence-corrected chi connectivity index (χ0v) is 12.0. The van der Waals surface area contributed by atoms with Gasteiger partial charge in [0.2, 0.25) is 0 Å². The van der Waals surface area contributed by atoms with E-state index in [0.717, 1.165) is 16.0 Å². The van der Waals surface area contributed by atoms with Crippen LogP contribution in [0.25, 0.3) is 0 Å². The average Bonchev–Trinajstić information content (AvgIpc) is 2.69. The number of hydrogen-bond acceptors (Lipinski definition) is 3. The van der Waals surface area contributed by atoms with Crippen LogP contribution in [-0.4, -0.2) is 10.1 Å². The Morgan fingerprint density at radius 3 is 2.84 bits per heavy atom. The molecule has 0 amide bonds. The minimum Gasteiger partial charge on any atom is -0.383 e. The van der Waals surface area contributed by atoms with Gasteiger partial charge in [-0.2, -0.15) is 0 Å². The maximum absolute atomic E-state index is 10.5. The van der Waals surface area contributed by atoms with Gasteiger partial charge in [0.25, 0.3) is 0 Å². The first kappa shape index (κ1) is 12.8. The molecular weight excluding hydrogens is 254 g/mol. The van der Waals surface area contributed by atoms with Crippen molar-refractivity contribution in [2.45, 2.75) is 45.1 Å². The molecule has 0 aliphatic heterocycles. The number of aromatic nitrogens is 1. The van der Waals surface area contributed by atoms with Crippen LogP contribution in [0.1, 0.15) is 51.8 Å². The first-order valence-electron chi connectivity index (χ1n) is 6.95. The van der Waals surface area contributed by atoms with E-state index in [2.05, 4.69) is 11.1 Å². The van der Waals surface area contributed by atoms with Crippen LogP contribution in [0, 0.1) is 6.92 Å². The molecule has 0 spiro atoms. The number of pyridine rings is 1. The molecule has 0 saturated carbocycles. The Morgan fingerprint density at radius 2 is 2.00 bits per heavy atom. The summed E-state index contributed by atoms with van der Waals surface area (Å²) < 4.78 is 0. The van der Waals surface area contributed by atoms with E-state index >= 15 is 0 Å². The summed E-state index contributed by atoms with van der Waals surface area (Å²) >= 11 is 1.78. The molecule has 19 heavy (non-hydrogen) atoms. The topological polar surface area (TPSA) is 33.1 Å². The standard InChI is InChI=1S/C16H19NOS/c1-11-7-13(10-17-9-11)16(18)15-8-12-5-3-2-4-6-14(12)19-15/h7-10,16,18H,2-6H2,1H3. The lowest BCUT2D eigenvalue weighted by molar-refractivity contribution is 0.223.